The summed E-state index contributed by atoms with van der Waals surface area (Å²) in [5, 5.41) is 9.67. The molecule has 2 nitrogen and oxygen atoms in total. The quantitative estimate of drug-likeness (QED) is 0.318. The third-order valence-corrected chi connectivity index (χ3v) is 1.02. The summed E-state index contributed by atoms with van der Waals surface area (Å²) >= 11 is 0. The zero-order valence-electron chi connectivity index (χ0n) is 4.49. The molecule has 0 aliphatic heterocycles. The highest BCUT2D eigenvalue weighted by molar-refractivity contribution is 7.15. The van der Waals surface area contributed by atoms with E-state index in [2.05, 4.69) is 21.4 Å². The molecule has 0 spiro atoms. The van der Waals surface area contributed by atoms with Crippen LogP contribution >= 0.6 is 9.39 Å². The summed E-state index contributed by atoms with van der Waals surface area (Å²) in [5.41, 5.74) is 0. The third kappa shape index (κ3) is 3.74. The molecule has 0 heterocycles. The zero-order chi connectivity index (χ0) is 5.70. The summed E-state index contributed by atoms with van der Waals surface area (Å²) in [6, 6.07) is 0. The van der Waals surface area contributed by atoms with Gasteiger partial charge in [-0.25, -0.2) is 0 Å². The molecule has 42 valence electrons. The van der Waals surface area contributed by atoms with Crippen LogP contribution in [0.3, 0.4) is 0 Å². The standard InChI is InChI=1S/C4H11N2P/c1-2-3-4(5)6-7/h2-3,7H2,1H3,(H2,5,6). The maximum absolute atomic E-state index is 7.01. The van der Waals surface area contributed by atoms with Crippen molar-refractivity contribution in [2.24, 2.45) is 0 Å². The molecule has 0 saturated carbocycles. The fourth-order valence-corrected chi connectivity index (χ4v) is 0.467. The van der Waals surface area contributed by atoms with E-state index < -0.39 is 0 Å². The highest BCUT2D eigenvalue weighted by Crippen LogP contribution is 1.86. The van der Waals surface area contributed by atoms with Crippen LogP contribution in [0.25, 0.3) is 0 Å². The molecule has 0 aromatic rings. The SMILES string of the molecule is CCCC(=N)NP. The van der Waals surface area contributed by atoms with E-state index in [1.54, 1.807) is 0 Å². The van der Waals surface area contributed by atoms with Crippen molar-refractivity contribution in [1.82, 2.24) is 5.09 Å². The summed E-state index contributed by atoms with van der Waals surface area (Å²) in [6.45, 7) is 2.05. The topological polar surface area (TPSA) is 35.9 Å². The van der Waals surface area contributed by atoms with Crippen molar-refractivity contribution in [2.45, 2.75) is 19.8 Å². The number of hydrogen-bond donors (Lipinski definition) is 2. The van der Waals surface area contributed by atoms with Crippen molar-refractivity contribution in [3.8, 4) is 0 Å². The average Bonchev–Trinajstić information content (AvgIpc) is 1.68. The monoisotopic (exact) mass is 118 g/mol. The van der Waals surface area contributed by atoms with Crippen LogP contribution in [-0.2, 0) is 0 Å². The average molecular weight is 118 g/mol. The van der Waals surface area contributed by atoms with Crippen LogP contribution in [0.5, 0.6) is 0 Å². The number of amidine groups is 1. The maximum atomic E-state index is 7.01. The molecule has 0 bridgehead atoms. The number of rotatable bonds is 2. The molecule has 0 radical (unpaired) electrons. The first-order chi connectivity index (χ1) is 3.31. The van der Waals surface area contributed by atoms with E-state index >= 15 is 0 Å². The van der Waals surface area contributed by atoms with Crippen molar-refractivity contribution in [3.05, 3.63) is 0 Å². The Labute approximate surface area is 46.5 Å². The molecule has 0 saturated heterocycles. The lowest BCUT2D eigenvalue weighted by Gasteiger charge is -1.95. The zero-order valence-corrected chi connectivity index (χ0v) is 5.65. The second kappa shape index (κ2) is 4.07. The Hall–Kier alpha value is -0.100. The normalized spacial score (nSPS) is 8.29. The van der Waals surface area contributed by atoms with Crippen LogP contribution in [0.15, 0.2) is 0 Å². The van der Waals surface area contributed by atoms with Crippen LogP contribution in [0.2, 0.25) is 0 Å². The van der Waals surface area contributed by atoms with Crippen LogP contribution < -0.4 is 5.09 Å². The lowest BCUT2D eigenvalue weighted by molar-refractivity contribution is 0.967. The van der Waals surface area contributed by atoms with Gasteiger partial charge in [-0.1, -0.05) is 6.92 Å². The largest absolute Gasteiger partial charge is 0.359 e. The van der Waals surface area contributed by atoms with Gasteiger partial charge in [0.25, 0.3) is 0 Å². The molecule has 0 aliphatic carbocycles. The Bertz CT molecular complexity index is 62.7. The molecule has 0 aliphatic rings. The van der Waals surface area contributed by atoms with Gasteiger partial charge >= 0.3 is 0 Å². The Morgan fingerprint density at radius 3 is 2.57 bits per heavy atom. The minimum atomic E-state index is 0.590. The predicted octanol–water partition coefficient (Wildman–Crippen LogP) is 1.14. The molecular formula is C4H11N2P. The van der Waals surface area contributed by atoms with Gasteiger partial charge in [0, 0.05) is 6.42 Å². The highest BCUT2D eigenvalue weighted by Gasteiger charge is 1.84. The lowest BCUT2D eigenvalue weighted by atomic mass is 10.3. The Balaban J connectivity index is 3.00. The highest BCUT2D eigenvalue weighted by atomic mass is 31.0. The van der Waals surface area contributed by atoms with Crippen LogP contribution in [0, 0.1) is 5.41 Å². The molecular weight excluding hydrogens is 107 g/mol. The van der Waals surface area contributed by atoms with Crippen LogP contribution in [-0.4, -0.2) is 5.84 Å². The van der Waals surface area contributed by atoms with Crippen molar-refractivity contribution < 1.29 is 0 Å². The van der Waals surface area contributed by atoms with E-state index in [1.807, 2.05) is 0 Å². The van der Waals surface area contributed by atoms with Gasteiger partial charge in [-0.2, -0.15) is 0 Å². The van der Waals surface area contributed by atoms with E-state index in [0.29, 0.717) is 5.84 Å². The first-order valence-corrected chi connectivity index (χ1v) is 2.93. The van der Waals surface area contributed by atoms with Gasteiger partial charge in [0.15, 0.2) is 0 Å². The van der Waals surface area contributed by atoms with Gasteiger partial charge in [0.2, 0.25) is 0 Å². The van der Waals surface area contributed by atoms with E-state index in [1.165, 1.54) is 0 Å². The van der Waals surface area contributed by atoms with Gasteiger partial charge in [-0.3, -0.25) is 5.41 Å². The molecule has 0 aromatic heterocycles. The fraction of sp³-hybridized carbons (Fsp3) is 0.750. The maximum Gasteiger partial charge on any atom is 0.0960 e. The van der Waals surface area contributed by atoms with Gasteiger partial charge in [0.1, 0.15) is 0 Å². The van der Waals surface area contributed by atoms with Gasteiger partial charge in [-0.05, 0) is 15.8 Å². The molecule has 0 amide bonds. The number of hydrogen-bond acceptors (Lipinski definition) is 1. The summed E-state index contributed by atoms with van der Waals surface area (Å²) < 4.78 is 0. The van der Waals surface area contributed by atoms with E-state index in [0.717, 1.165) is 12.8 Å². The first-order valence-electron chi connectivity index (χ1n) is 2.35. The van der Waals surface area contributed by atoms with Crippen molar-refractivity contribution in [3.63, 3.8) is 0 Å². The van der Waals surface area contributed by atoms with E-state index in [4.69, 9.17) is 5.41 Å². The number of nitrogens with one attached hydrogen (secondary N) is 2. The Morgan fingerprint density at radius 2 is 2.43 bits per heavy atom. The van der Waals surface area contributed by atoms with E-state index in [9.17, 15) is 0 Å². The predicted molar refractivity (Wildman–Crippen MR) is 35.5 cm³/mol. The second-order valence-corrected chi connectivity index (χ2v) is 1.66. The summed E-state index contributed by atoms with van der Waals surface area (Å²) in [7, 11) is 2.29. The summed E-state index contributed by atoms with van der Waals surface area (Å²) in [4.78, 5) is 0. The molecule has 1 unspecified atom stereocenters. The summed E-state index contributed by atoms with van der Waals surface area (Å²) in [6.07, 6.45) is 1.89. The Kier molecular flexibility index (Phi) is 4.01. The minimum Gasteiger partial charge on any atom is -0.359 e. The third-order valence-electron chi connectivity index (χ3n) is 0.674. The van der Waals surface area contributed by atoms with Crippen LogP contribution in [0.1, 0.15) is 19.8 Å². The van der Waals surface area contributed by atoms with Crippen molar-refractivity contribution in [1.29, 1.82) is 5.41 Å². The molecule has 0 aromatic carbocycles. The van der Waals surface area contributed by atoms with Crippen LogP contribution in [0.4, 0.5) is 0 Å². The van der Waals surface area contributed by atoms with E-state index in [-0.39, 0.29) is 0 Å². The molecule has 3 heteroatoms. The molecule has 0 rings (SSSR count). The molecule has 2 N–H and O–H groups in total. The molecule has 0 fully saturated rings. The van der Waals surface area contributed by atoms with Crippen molar-refractivity contribution >= 4 is 15.2 Å². The van der Waals surface area contributed by atoms with Gasteiger partial charge in [-0.15, -0.1) is 0 Å². The Morgan fingerprint density at radius 1 is 1.86 bits per heavy atom. The molecule has 1 atom stereocenters. The lowest BCUT2D eigenvalue weighted by Crippen LogP contribution is -2.08. The first kappa shape index (κ1) is 6.90. The van der Waals surface area contributed by atoms with Gasteiger partial charge < -0.3 is 5.09 Å². The second-order valence-electron chi connectivity index (χ2n) is 1.37. The summed E-state index contributed by atoms with van der Waals surface area (Å²) in [5.74, 6) is 0.590. The van der Waals surface area contributed by atoms with Crippen molar-refractivity contribution in [2.75, 3.05) is 0 Å². The fourth-order valence-electron chi connectivity index (χ4n) is 0.322. The minimum absolute atomic E-state index is 0.590. The van der Waals surface area contributed by atoms with Gasteiger partial charge in [0.05, 0.1) is 5.84 Å². The molecule has 7 heavy (non-hydrogen) atoms. The smallest absolute Gasteiger partial charge is 0.0960 e.